The minimum absolute atomic E-state index is 0.0215. The van der Waals surface area contributed by atoms with Crippen LogP contribution in [0.2, 0.25) is 0 Å². The number of nitrogens with one attached hydrogen (secondary N) is 5. The number of methoxy groups -OCH3 is 1. The third kappa shape index (κ3) is 8.95. The third-order valence-corrected chi connectivity index (χ3v) is 13.0. The van der Waals surface area contributed by atoms with Crippen LogP contribution in [-0.2, 0) is 29.3 Å². The summed E-state index contributed by atoms with van der Waals surface area (Å²) in [4.78, 5) is 63.9. The van der Waals surface area contributed by atoms with Crippen LogP contribution in [0.25, 0.3) is 22.0 Å². The van der Waals surface area contributed by atoms with Crippen LogP contribution >= 0.6 is 11.3 Å². The number of amides is 4. The molecule has 0 unspecified atom stereocenters. The molecule has 3 aromatic heterocycles. The Kier molecular flexibility index (Phi) is 11.8. The molecule has 0 radical (unpaired) electrons. The SMILES string of the molecule is COc1ccc(-c2nn([C@@H]3C[C@H]4C(=O)N[C@]5(C(=O)NS(=O)(=O)Nc6nn[nH]n6)C[C@H]5/C=C/CCCCC[C@@H](NC(=O)OC5CCCC5)C(=O)N4C3)nc2-c2nccs2)cc1. The van der Waals surface area contributed by atoms with E-state index in [0.717, 1.165) is 44.1 Å². The van der Waals surface area contributed by atoms with Crippen LogP contribution in [0.3, 0.4) is 0 Å². The minimum atomic E-state index is -4.55. The van der Waals surface area contributed by atoms with E-state index in [1.165, 1.54) is 21.0 Å². The predicted molar refractivity (Wildman–Crippen MR) is 214 cm³/mol. The van der Waals surface area contributed by atoms with Gasteiger partial charge in [0.1, 0.15) is 45.9 Å². The lowest BCUT2D eigenvalue weighted by Gasteiger charge is -2.30. The molecule has 5 atom stereocenters. The number of tetrazole rings is 1. The van der Waals surface area contributed by atoms with Crippen molar-refractivity contribution in [3.8, 4) is 27.7 Å². The summed E-state index contributed by atoms with van der Waals surface area (Å²) in [6, 6.07) is 4.48. The number of ether oxygens (including phenoxy) is 2. The molecule has 3 fully saturated rings. The first kappa shape index (κ1) is 40.8. The monoisotopic (exact) mass is 863 g/mol. The van der Waals surface area contributed by atoms with Crippen molar-refractivity contribution in [2.75, 3.05) is 18.4 Å². The molecular formula is C37H45N13O8S2. The van der Waals surface area contributed by atoms with Crippen molar-refractivity contribution in [2.45, 2.75) is 100 Å². The maximum Gasteiger partial charge on any atom is 0.408 e. The average molecular weight is 864 g/mol. The average Bonchev–Trinajstić information content (AvgIpc) is 3.99. The highest BCUT2D eigenvalue weighted by Crippen LogP contribution is 2.46. The highest BCUT2D eigenvalue weighted by atomic mass is 32.2. The molecule has 60 heavy (non-hydrogen) atoms. The molecule has 318 valence electrons. The second kappa shape index (κ2) is 17.3. The number of benzene rings is 1. The number of hydrogen-bond acceptors (Lipinski definition) is 15. The molecule has 5 heterocycles. The number of alkyl carbamates (subject to hydrolysis) is 1. The second-order valence-corrected chi connectivity index (χ2v) is 17.6. The largest absolute Gasteiger partial charge is 0.497 e. The maximum absolute atomic E-state index is 14.8. The van der Waals surface area contributed by atoms with Crippen molar-refractivity contribution < 1.29 is 37.1 Å². The van der Waals surface area contributed by atoms with Gasteiger partial charge in [-0.1, -0.05) is 30.1 Å². The highest BCUT2D eigenvalue weighted by Gasteiger charge is 2.61. The van der Waals surface area contributed by atoms with E-state index < -0.39 is 69.6 Å². The first-order valence-corrected chi connectivity index (χ1v) is 22.2. The number of allylic oxidation sites excluding steroid dienone is 1. The van der Waals surface area contributed by atoms with Gasteiger partial charge in [0.25, 0.3) is 11.9 Å². The van der Waals surface area contributed by atoms with Gasteiger partial charge in [-0.15, -0.1) is 21.5 Å². The first-order chi connectivity index (χ1) is 29.0. The number of aromatic nitrogens is 8. The molecule has 2 aliphatic heterocycles. The standard InChI is InChI=1S/C37H45N13O8S2/c1-57-25-15-13-22(14-16-25)29-30(32-38-17-18-59-32)44-50(43-29)24-19-28-31(51)40-37(34(53)45-60(55,56)46-35-41-47-48-42-35)20-23(37)9-5-3-2-4-6-12-27(33(52)49(28)21-24)39-36(54)58-26-10-7-8-11-26/h5,9,13-18,23-24,26-28H,2-4,6-8,10-12,19-21H2,1H3,(H,39,54)(H,40,51)(H,45,53)(H2,41,42,46,47,48)/b9-5+/t23-,24-,27-,28+,37-/m1/s1. The van der Waals surface area contributed by atoms with Gasteiger partial charge in [-0.05, 0) is 80.8 Å². The number of fused-ring (bicyclic) bond motifs is 2. The van der Waals surface area contributed by atoms with Gasteiger partial charge in [0.2, 0.25) is 11.8 Å². The zero-order valence-corrected chi connectivity index (χ0v) is 34.3. The van der Waals surface area contributed by atoms with E-state index >= 15 is 0 Å². The Labute approximate surface area is 348 Å². The summed E-state index contributed by atoms with van der Waals surface area (Å²) in [5.41, 5.74) is 0.103. The Bertz CT molecular complexity index is 2320. The summed E-state index contributed by atoms with van der Waals surface area (Å²) in [7, 11) is -2.98. The van der Waals surface area contributed by atoms with Gasteiger partial charge in [0.15, 0.2) is 0 Å². The third-order valence-electron chi connectivity index (χ3n) is 11.3. The van der Waals surface area contributed by atoms with E-state index in [4.69, 9.17) is 19.7 Å². The second-order valence-electron chi connectivity index (χ2n) is 15.3. The van der Waals surface area contributed by atoms with Crippen LogP contribution in [0, 0.1) is 5.92 Å². The molecular weight excluding hydrogens is 819 g/mol. The predicted octanol–water partition coefficient (Wildman–Crippen LogP) is 2.64. The molecule has 21 nitrogen and oxygen atoms in total. The van der Waals surface area contributed by atoms with Crippen molar-refractivity contribution in [3.05, 3.63) is 48.0 Å². The lowest BCUT2D eigenvalue weighted by Crippen LogP contribution is -2.58. The number of nitrogens with zero attached hydrogens (tertiary/aromatic N) is 8. The van der Waals surface area contributed by atoms with Gasteiger partial charge in [0.05, 0.1) is 13.2 Å². The molecule has 23 heteroatoms. The number of aromatic amines is 1. The number of carbonyl (C=O) groups excluding carboxylic acids is 4. The van der Waals surface area contributed by atoms with Gasteiger partial charge < -0.3 is 25.0 Å². The van der Waals surface area contributed by atoms with Crippen molar-refractivity contribution in [2.24, 2.45) is 5.92 Å². The fourth-order valence-electron chi connectivity index (χ4n) is 8.07. The maximum atomic E-state index is 14.8. The molecule has 2 saturated carbocycles. The van der Waals surface area contributed by atoms with Crippen molar-refractivity contribution >= 4 is 51.3 Å². The van der Waals surface area contributed by atoms with Crippen LogP contribution in [-0.4, -0.2) is 115 Å². The molecule has 2 aliphatic carbocycles. The van der Waals surface area contributed by atoms with Gasteiger partial charge in [0, 0.05) is 36.0 Å². The zero-order chi connectivity index (χ0) is 41.9. The quantitative estimate of drug-likeness (QED) is 0.144. The smallest absolute Gasteiger partial charge is 0.408 e. The first-order valence-electron chi connectivity index (χ1n) is 19.9. The Morgan fingerprint density at radius 2 is 1.80 bits per heavy atom. The van der Waals surface area contributed by atoms with E-state index in [0.29, 0.717) is 41.4 Å². The Morgan fingerprint density at radius 1 is 1.02 bits per heavy atom. The molecule has 0 bridgehead atoms. The molecule has 1 saturated heterocycles. The Hall–Kier alpha value is -5.97. The van der Waals surface area contributed by atoms with E-state index in [-0.39, 0.29) is 25.5 Å². The van der Waals surface area contributed by atoms with E-state index in [1.54, 1.807) is 31.5 Å². The molecule has 4 aromatic rings. The number of rotatable bonds is 10. The van der Waals surface area contributed by atoms with E-state index in [1.807, 2.05) is 33.0 Å². The summed E-state index contributed by atoms with van der Waals surface area (Å²) in [5.74, 6) is -2.47. The summed E-state index contributed by atoms with van der Waals surface area (Å²) >= 11 is 1.38. The van der Waals surface area contributed by atoms with Gasteiger partial charge in [-0.25, -0.2) is 19.2 Å². The molecule has 1 aromatic carbocycles. The van der Waals surface area contributed by atoms with Crippen molar-refractivity contribution in [1.29, 1.82) is 0 Å². The normalized spacial score (nSPS) is 25.5. The lowest BCUT2D eigenvalue weighted by molar-refractivity contribution is -0.141. The zero-order valence-electron chi connectivity index (χ0n) is 32.7. The number of anilines is 1. The number of hydrogen-bond donors (Lipinski definition) is 5. The highest BCUT2D eigenvalue weighted by molar-refractivity contribution is 7.91. The Balaban J connectivity index is 1.12. The fourth-order valence-corrected chi connectivity index (χ4v) is 9.50. The molecule has 5 N–H and O–H groups in total. The van der Waals surface area contributed by atoms with Crippen molar-refractivity contribution in [1.82, 2.24) is 60.9 Å². The molecule has 4 aliphatic rings. The Morgan fingerprint density at radius 3 is 2.53 bits per heavy atom. The lowest BCUT2D eigenvalue weighted by atomic mass is 10.0. The van der Waals surface area contributed by atoms with Crippen LogP contribution in [0.15, 0.2) is 48.0 Å². The number of H-pyrrole nitrogens is 1. The van der Waals surface area contributed by atoms with Crippen LogP contribution in [0.4, 0.5) is 10.7 Å². The molecule has 4 amide bonds. The van der Waals surface area contributed by atoms with Crippen LogP contribution in [0.5, 0.6) is 5.75 Å². The minimum Gasteiger partial charge on any atom is -0.497 e. The summed E-state index contributed by atoms with van der Waals surface area (Å²) in [6.45, 7) is -0.0215. The topological polar surface area (TPSA) is 270 Å². The number of thiazole rings is 1. The van der Waals surface area contributed by atoms with E-state index in [9.17, 15) is 27.6 Å². The van der Waals surface area contributed by atoms with Gasteiger partial charge >= 0.3 is 16.3 Å². The molecule has 0 spiro atoms. The van der Waals surface area contributed by atoms with Gasteiger partial charge in [-0.3, -0.25) is 14.4 Å². The fraction of sp³-hybridized carbons (Fsp3) is 0.514. The number of carbonyl (C=O) groups is 4. The van der Waals surface area contributed by atoms with E-state index in [2.05, 4.69) is 36.2 Å². The summed E-state index contributed by atoms with van der Waals surface area (Å²) in [5, 5.41) is 30.4. The van der Waals surface area contributed by atoms with Gasteiger partial charge in [-0.2, -0.15) is 23.5 Å². The summed E-state index contributed by atoms with van der Waals surface area (Å²) in [6.07, 6.45) is 11.0. The van der Waals surface area contributed by atoms with Crippen LogP contribution < -0.4 is 24.8 Å². The molecule has 8 rings (SSSR count). The van der Waals surface area contributed by atoms with Crippen molar-refractivity contribution in [3.63, 3.8) is 0 Å². The van der Waals surface area contributed by atoms with Crippen LogP contribution in [0.1, 0.15) is 76.7 Å². The summed E-state index contributed by atoms with van der Waals surface area (Å²) < 4.78 is 41.0.